The molecule has 0 saturated carbocycles. The molecule has 1 fully saturated rings. The molecule has 0 unspecified atom stereocenters. The first kappa shape index (κ1) is 16.1. The number of sulfonamides is 1. The molecule has 118 valence electrons. The number of nitrogens with zero attached hydrogens (tertiary/aromatic N) is 1. The first-order chi connectivity index (χ1) is 9.84. The van der Waals surface area contributed by atoms with Gasteiger partial charge in [0.05, 0.1) is 4.90 Å². The number of nitrogens with two attached hydrogens (primary N) is 2. The normalized spacial score (nSPS) is 17.8. The highest BCUT2D eigenvalue weighted by molar-refractivity contribution is 7.89. The van der Waals surface area contributed by atoms with E-state index in [9.17, 15) is 8.42 Å². The number of likely N-dealkylation sites (tertiary alicyclic amines) is 1. The van der Waals surface area contributed by atoms with Gasteiger partial charge in [-0.1, -0.05) is 6.92 Å². The fourth-order valence-electron chi connectivity index (χ4n) is 2.53. The summed E-state index contributed by atoms with van der Waals surface area (Å²) < 4.78 is 22.8. The van der Waals surface area contributed by atoms with E-state index < -0.39 is 10.0 Å². The Kier molecular flexibility index (Phi) is 5.08. The van der Waals surface area contributed by atoms with Crippen LogP contribution in [-0.4, -0.2) is 39.5 Å². The third-order valence-electron chi connectivity index (χ3n) is 3.89. The van der Waals surface area contributed by atoms with Gasteiger partial charge in [0.1, 0.15) is 0 Å². The van der Waals surface area contributed by atoms with E-state index in [4.69, 9.17) is 10.9 Å². The van der Waals surface area contributed by atoms with Crippen LogP contribution in [0.4, 0.5) is 11.4 Å². The SMILES string of the molecule is CC1CCN(CCNc2cc(N)cc(S(N)(=O)=O)c2)CC1. The second-order valence-electron chi connectivity index (χ2n) is 5.79. The zero-order valence-corrected chi connectivity index (χ0v) is 13.2. The Morgan fingerprint density at radius 3 is 2.57 bits per heavy atom. The standard InChI is InChI=1S/C14H24N4O2S/c1-11-2-5-18(6-3-11)7-4-17-13-8-12(15)9-14(10-13)21(16,19)20/h8-11,17H,2-7,15H2,1H3,(H2,16,19,20). The molecule has 5 N–H and O–H groups in total. The number of nitrogen functional groups attached to an aromatic ring is 1. The van der Waals surface area contributed by atoms with Crippen LogP contribution in [0.2, 0.25) is 0 Å². The second-order valence-corrected chi connectivity index (χ2v) is 7.35. The molecular formula is C14H24N4O2S. The Labute approximate surface area is 126 Å². The zero-order valence-electron chi connectivity index (χ0n) is 12.4. The smallest absolute Gasteiger partial charge is 0.238 e. The minimum absolute atomic E-state index is 0.0387. The number of primary sulfonamides is 1. The lowest BCUT2D eigenvalue weighted by atomic mass is 9.99. The van der Waals surface area contributed by atoms with E-state index in [0.717, 1.165) is 32.1 Å². The van der Waals surface area contributed by atoms with Gasteiger partial charge in [-0.3, -0.25) is 0 Å². The molecule has 1 heterocycles. The van der Waals surface area contributed by atoms with Crippen LogP contribution in [-0.2, 0) is 10.0 Å². The Morgan fingerprint density at radius 2 is 1.95 bits per heavy atom. The van der Waals surface area contributed by atoms with Gasteiger partial charge in [0.25, 0.3) is 0 Å². The van der Waals surface area contributed by atoms with Crippen LogP contribution >= 0.6 is 0 Å². The van der Waals surface area contributed by atoms with E-state index in [-0.39, 0.29) is 4.90 Å². The van der Waals surface area contributed by atoms with Crippen LogP contribution in [0.25, 0.3) is 0 Å². The molecule has 1 aliphatic heterocycles. The van der Waals surface area contributed by atoms with E-state index in [0.29, 0.717) is 11.4 Å². The lowest BCUT2D eigenvalue weighted by molar-refractivity contribution is 0.199. The van der Waals surface area contributed by atoms with Crippen molar-refractivity contribution in [3.05, 3.63) is 18.2 Å². The van der Waals surface area contributed by atoms with Crippen LogP contribution in [0.1, 0.15) is 19.8 Å². The van der Waals surface area contributed by atoms with E-state index in [2.05, 4.69) is 17.1 Å². The summed E-state index contributed by atoms with van der Waals surface area (Å²) in [6.07, 6.45) is 2.49. The first-order valence-electron chi connectivity index (χ1n) is 7.24. The Hall–Kier alpha value is -1.31. The van der Waals surface area contributed by atoms with E-state index >= 15 is 0 Å². The van der Waals surface area contributed by atoms with Crippen molar-refractivity contribution in [2.24, 2.45) is 11.1 Å². The lowest BCUT2D eigenvalue weighted by Crippen LogP contribution is -2.36. The summed E-state index contributed by atoms with van der Waals surface area (Å²) in [5.41, 5.74) is 6.79. The molecule has 7 heteroatoms. The van der Waals surface area contributed by atoms with Gasteiger partial charge in [0, 0.05) is 24.5 Å². The van der Waals surface area contributed by atoms with Gasteiger partial charge < -0.3 is 16.0 Å². The maximum Gasteiger partial charge on any atom is 0.238 e. The fraction of sp³-hybridized carbons (Fsp3) is 0.571. The summed E-state index contributed by atoms with van der Waals surface area (Å²) in [5, 5.41) is 8.35. The van der Waals surface area contributed by atoms with Gasteiger partial charge in [-0.15, -0.1) is 0 Å². The van der Waals surface area contributed by atoms with Crippen LogP contribution in [0.5, 0.6) is 0 Å². The zero-order chi connectivity index (χ0) is 15.5. The summed E-state index contributed by atoms with van der Waals surface area (Å²) in [5.74, 6) is 0.820. The summed E-state index contributed by atoms with van der Waals surface area (Å²) in [6, 6.07) is 4.60. The highest BCUT2D eigenvalue weighted by Gasteiger charge is 2.15. The predicted molar refractivity (Wildman–Crippen MR) is 85.6 cm³/mol. The van der Waals surface area contributed by atoms with Gasteiger partial charge >= 0.3 is 0 Å². The second kappa shape index (κ2) is 6.64. The van der Waals surface area contributed by atoms with Gasteiger partial charge in [-0.2, -0.15) is 0 Å². The maximum atomic E-state index is 11.4. The molecule has 0 spiro atoms. The Bertz CT molecular complexity index is 581. The molecule has 1 aliphatic rings. The third-order valence-corrected chi connectivity index (χ3v) is 4.78. The van der Waals surface area contributed by atoms with Crippen molar-refractivity contribution in [2.45, 2.75) is 24.7 Å². The van der Waals surface area contributed by atoms with Crippen molar-refractivity contribution in [3.63, 3.8) is 0 Å². The minimum Gasteiger partial charge on any atom is -0.399 e. The number of anilines is 2. The molecule has 0 radical (unpaired) electrons. The molecule has 0 atom stereocenters. The monoisotopic (exact) mass is 312 g/mol. The number of piperidine rings is 1. The quantitative estimate of drug-likeness (QED) is 0.706. The lowest BCUT2D eigenvalue weighted by Gasteiger charge is -2.30. The summed E-state index contributed by atoms with van der Waals surface area (Å²) in [6.45, 7) is 6.23. The highest BCUT2D eigenvalue weighted by Crippen LogP contribution is 2.20. The molecule has 0 bridgehead atoms. The summed E-state index contributed by atoms with van der Waals surface area (Å²) in [7, 11) is -3.73. The van der Waals surface area contributed by atoms with Crippen molar-refractivity contribution < 1.29 is 8.42 Å². The molecule has 1 saturated heterocycles. The van der Waals surface area contributed by atoms with Crippen LogP contribution < -0.4 is 16.2 Å². The van der Waals surface area contributed by atoms with E-state index in [1.165, 1.54) is 25.0 Å². The number of hydrogen-bond donors (Lipinski definition) is 3. The van der Waals surface area contributed by atoms with E-state index in [1.54, 1.807) is 6.07 Å². The number of nitrogens with one attached hydrogen (secondary N) is 1. The molecule has 0 aromatic heterocycles. The molecular weight excluding hydrogens is 288 g/mol. The third kappa shape index (κ3) is 4.87. The van der Waals surface area contributed by atoms with Crippen LogP contribution in [0.3, 0.4) is 0 Å². The summed E-state index contributed by atoms with van der Waals surface area (Å²) >= 11 is 0. The van der Waals surface area contributed by atoms with Crippen LogP contribution in [0.15, 0.2) is 23.1 Å². The number of hydrogen-bond acceptors (Lipinski definition) is 5. The average Bonchev–Trinajstić information content (AvgIpc) is 2.39. The molecule has 1 aromatic carbocycles. The van der Waals surface area contributed by atoms with Gasteiger partial charge in [-0.05, 0) is 50.0 Å². The molecule has 0 amide bonds. The Morgan fingerprint density at radius 1 is 1.29 bits per heavy atom. The van der Waals surface area contributed by atoms with Crippen molar-refractivity contribution in [1.29, 1.82) is 0 Å². The van der Waals surface area contributed by atoms with Crippen molar-refractivity contribution >= 4 is 21.4 Å². The first-order valence-corrected chi connectivity index (χ1v) is 8.79. The molecule has 1 aromatic rings. The molecule has 2 rings (SSSR count). The van der Waals surface area contributed by atoms with Crippen LogP contribution in [0, 0.1) is 5.92 Å². The average molecular weight is 312 g/mol. The fourth-order valence-corrected chi connectivity index (χ4v) is 3.12. The van der Waals surface area contributed by atoms with Gasteiger partial charge in [0.15, 0.2) is 0 Å². The largest absolute Gasteiger partial charge is 0.399 e. The Balaban J connectivity index is 1.90. The van der Waals surface area contributed by atoms with Crippen molar-refractivity contribution in [2.75, 3.05) is 37.2 Å². The van der Waals surface area contributed by atoms with Crippen molar-refractivity contribution in [3.8, 4) is 0 Å². The number of rotatable bonds is 5. The molecule has 0 aliphatic carbocycles. The minimum atomic E-state index is -3.73. The predicted octanol–water partition coefficient (Wildman–Crippen LogP) is 1.06. The maximum absolute atomic E-state index is 11.4. The van der Waals surface area contributed by atoms with Gasteiger partial charge in [-0.25, -0.2) is 13.6 Å². The number of benzene rings is 1. The topological polar surface area (TPSA) is 101 Å². The van der Waals surface area contributed by atoms with E-state index in [1.807, 2.05) is 0 Å². The molecule has 6 nitrogen and oxygen atoms in total. The highest BCUT2D eigenvalue weighted by atomic mass is 32.2. The summed E-state index contributed by atoms with van der Waals surface area (Å²) in [4.78, 5) is 2.46. The molecule has 21 heavy (non-hydrogen) atoms. The van der Waals surface area contributed by atoms with Gasteiger partial charge in [0.2, 0.25) is 10.0 Å². The van der Waals surface area contributed by atoms with Crippen molar-refractivity contribution in [1.82, 2.24) is 4.90 Å².